The predicted molar refractivity (Wildman–Crippen MR) is 90.1 cm³/mol. The first-order valence-electron chi connectivity index (χ1n) is 7.40. The number of benzene rings is 1. The van der Waals surface area contributed by atoms with Crippen molar-refractivity contribution in [3.8, 4) is 0 Å². The third-order valence-corrected chi connectivity index (χ3v) is 4.52. The maximum absolute atomic E-state index is 12.4. The second kappa shape index (κ2) is 6.71. The average Bonchev–Trinajstić information content (AvgIpc) is 2.55. The highest BCUT2D eigenvalue weighted by Crippen LogP contribution is 2.24. The van der Waals surface area contributed by atoms with E-state index in [1.807, 2.05) is 12.1 Å². The molecule has 1 saturated heterocycles. The fourth-order valence-electron chi connectivity index (χ4n) is 2.69. The number of anilines is 1. The van der Waals surface area contributed by atoms with E-state index in [0.29, 0.717) is 11.6 Å². The van der Waals surface area contributed by atoms with Crippen molar-refractivity contribution in [1.82, 2.24) is 9.78 Å². The third-order valence-electron chi connectivity index (χ3n) is 3.91. The fourth-order valence-corrected chi connectivity index (χ4v) is 3.08. The average molecular weight is 338 g/mol. The molecule has 0 saturated carbocycles. The van der Waals surface area contributed by atoms with Gasteiger partial charge in [0, 0.05) is 18.1 Å². The quantitative estimate of drug-likeness (QED) is 0.858. The maximum Gasteiger partial charge on any atom is 0.287 e. The van der Waals surface area contributed by atoms with E-state index in [-0.39, 0.29) is 10.6 Å². The van der Waals surface area contributed by atoms with Crippen molar-refractivity contribution < 1.29 is 0 Å². The largest absolute Gasteiger partial charge is 0.369 e. The van der Waals surface area contributed by atoms with E-state index in [0.717, 1.165) is 37.2 Å². The van der Waals surface area contributed by atoms with E-state index < -0.39 is 0 Å². The summed E-state index contributed by atoms with van der Waals surface area (Å²) in [6.07, 6.45) is 5.19. The van der Waals surface area contributed by atoms with Crippen LogP contribution in [-0.2, 0) is 6.54 Å². The Morgan fingerprint density at radius 1 is 1.05 bits per heavy atom. The van der Waals surface area contributed by atoms with E-state index >= 15 is 0 Å². The molecule has 0 amide bonds. The molecule has 2 aromatic rings. The lowest BCUT2D eigenvalue weighted by Gasteiger charge is -2.29. The van der Waals surface area contributed by atoms with Crippen molar-refractivity contribution in [2.75, 3.05) is 18.0 Å². The molecule has 4 nitrogen and oxygen atoms in total. The maximum atomic E-state index is 12.4. The van der Waals surface area contributed by atoms with Gasteiger partial charge < -0.3 is 4.90 Å². The smallest absolute Gasteiger partial charge is 0.287 e. The first-order chi connectivity index (χ1) is 10.6. The SMILES string of the molecule is O=c1c(Cl)c(N2CCCCC2)cnn1Cc1ccc(Cl)cc1. The highest BCUT2D eigenvalue weighted by molar-refractivity contribution is 6.33. The molecule has 0 unspecified atom stereocenters. The molecule has 0 atom stereocenters. The van der Waals surface area contributed by atoms with Gasteiger partial charge in [-0.2, -0.15) is 5.10 Å². The van der Waals surface area contributed by atoms with Crippen LogP contribution >= 0.6 is 23.2 Å². The van der Waals surface area contributed by atoms with Crippen LogP contribution in [0, 0.1) is 0 Å². The summed E-state index contributed by atoms with van der Waals surface area (Å²) >= 11 is 12.2. The lowest BCUT2D eigenvalue weighted by atomic mass is 10.1. The van der Waals surface area contributed by atoms with Crippen LogP contribution in [0.1, 0.15) is 24.8 Å². The summed E-state index contributed by atoms with van der Waals surface area (Å²) in [6.45, 7) is 2.25. The van der Waals surface area contributed by atoms with Gasteiger partial charge in [0.2, 0.25) is 0 Å². The van der Waals surface area contributed by atoms with Crippen LogP contribution < -0.4 is 10.5 Å². The van der Waals surface area contributed by atoms with E-state index in [9.17, 15) is 4.79 Å². The van der Waals surface area contributed by atoms with Gasteiger partial charge in [-0.25, -0.2) is 4.68 Å². The summed E-state index contributed by atoms with van der Waals surface area (Å²) < 4.78 is 1.39. The Hall–Kier alpha value is -1.52. The molecule has 0 radical (unpaired) electrons. The van der Waals surface area contributed by atoms with Crippen LogP contribution in [0.2, 0.25) is 10.0 Å². The predicted octanol–water partition coefficient (Wildman–Crippen LogP) is 3.59. The highest BCUT2D eigenvalue weighted by Gasteiger charge is 2.17. The van der Waals surface area contributed by atoms with Crippen LogP contribution in [0.5, 0.6) is 0 Å². The summed E-state index contributed by atoms with van der Waals surface area (Å²) in [4.78, 5) is 14.6. The van der Waals surface area contributed by atoms with Crippen molar-refractivity contribution >= 4 is 28.9 Å². The Bertz CT molecular complexity index is 706. The van der Waals surface area contributed by atoms with Crippen molar-refractivity contribution in [3.05, 3.63) is 56.4 Å². The molecule has 116 valence electrons. The molecule has 6 heteroatoms. The number of nitrogens with zero attached hydrogens (tertiary/aromatic N) is 3. The summed E-state index contributed by atoms with van der Waals surface area (Å²) in [5, 5.41) is 5.20. The second-order valence-electron chi connectivity index (χ2n) is 5.48. The molecule has 2 heterocycles. The van der Waals surface area contributed by atoms with Crippen LogP contribution in [0.15, 0.2) is 35.3 Å². The van der Waals surface area contributed by atoms with Crippen molar-refractivity contribution in [3.63, 3.8) is 0 Å². The van der Waals surface area contributed by atoms with Gasteiger partial charge >= 0.3 is 0 Å². The summed E-state index contributed by atoms with van der Waals surface area (Å²) in [5.74, 6) is 0. The van der Waals surface area contributed by atoms with E-state index in [4.69, 9.17) is 23.2 Å². The summed E-state index contributed by atoms with van der Waals surface area (Å²) in [5.41, 5.74) is 1.46. The van der Waals surface area contributed by atoms with Gasteiger partial charge in [0.15, 0.2) is 0 Å². The van der Waals surface area contributed by atoms with Gasteiger partial charge in [-0.15, -0.1) is 0 Å². The number of hydrogen-bond acceptors (Lipinski definition) is 3. The van der Waals surface area contributed by atoms with Crippen LogP contribution in [0.4, 0.5) is 5.69 Å². The van der Waals surface area contributed by atoms with Crippen molar-refractivity contribution in [2.24, 2.45) is 0 Å². The molecule has 1 aromatic heterocycles. The minimum atomic E-state index is -0.250. The topological polar surface area (TPSA) is 38.1 Å². The molecule has 0 aliphatic carbocycles. The monoisotopic (exact) mass is 337 g/mol. The molecule has 22 heavy (non-hydrogen) atoms. The van der Waals surface area contributed by atoms with Crippen LogP contribution in [0.3, 0.4) is 0 Å². The fraction of sp³-hybridized carbons (Fsp3) is 0.375. The highest BCUT2D eigenvalue weighted by atomic mass is 35.5. The van der Waals surface area contributed by atoms with Gasteiger partial charge in [0.25, 0.3) is 5.56 Å². The zero-order chi connectivity index (χ0) is 15.5. The summed E-state index contributed by atoms with van der Waals surface area (Å²) in [6, 6.07) is 7.35. The molecule has 3 rings (SSSR count). The molecule has 1 aromatic carbocycles. The van der Waals surface area contributed by atoms with Crippen LogP contribution in [-0.4, -0.2) is 22.9 Å². The number of halogens is 2. The van der Waals surface area contributed by atoms with Crippen LogP contribution in [0.25, 0.3) is 0 Å². The number of piperidine rings is 1. The van der Waals surface area contributed by atoms with Gasteiger partial charge in [-0.1, -0.05) is 35.3 Å². The number of aromatic nitrogens is 2. The second-order valence-corrected chi connectivity index (χ2v) is 6.30. The molecule has 0 N–H and O–H groups in total. The minimum absolute atomic E-state index is 0.250. The van der Waals surface area contributed by atoms with Gasteiger partial charge in [-0.05, 0) is 37.0 Å². The lowest BCUT2D eigenvalue weighted by Crippen LogP contribution is -2.33. The molecule has 1 aliphatic rings. The van der Waals surface area contributed by atoms with Gasteiger partial charge in [0.05, 0.1) is 18.4 Å². The Balaban J connectivity index is 1.86. The Labute approximate surface area is 139 Å². The van der Waals surface area contributed by atoms with E-state index in [1.165, 1.54) is 11.1 Å². The molecular weight excluding hydrogens is 321 g/mol. The zero-order valence-corrected chi connectivity index (χ0v) is 13.6. The van der Waals surface area contributed by atoms with Crippen molar-refractivity contribution in [2.45, 2.75) is 25.8 Å². The van der Waals surface area contributed by atoms with E-state index in [1.54, 1.807) is 18.3 Å². The molecule has 0 spiro atoms. The standard InChI is InChI=1S/C16H17Cl2N3O/c17-13-6-4-12(5-7-13)11-21-16(22)15(18)14(10-19-21)20-8-2-1-3-9-20/h4-7,10H,1-3,8-9,11H2. The Morgan fingerprint density at radius 3 is 2.41 bits per heavy atom. The lowest BCUT2D eigenvalue weighted by molar-refractivity contribution is 0.571. The van der Waals surface area contributed by atoms with Gasteiger partial charge in [0.1, 0.15) is 5.02 Å². The zero-order valence-electron chi connectivity index (χ0n) is 12.1. The first-order valence-corrected chi connectivity index (χ1v) is 8.16. The van der Waals surface area contributed by atoms with Gasteiger partial charge in [-0.3, -0.25) is 4.79 Å². The first kappa shape index (κ1) is 15.4. The number of rotatable bonds is 3. The normalized spacial score (nSPS) is 15.1. The van der Waals surface area contributed by atoms with E-state index in [2.05, 4.69) is 10.00 Å². The summed E-state index contributed by atoms with van der Waals surface area (Å²) in [7, 11) is 0. The molecule has 1 fully saturated rings. The Kier molecular flexibility index (Phi) is 4.69. The Morgan fingerprint density at radius 2 is 1.73 bits per heavy atom. The van der Waals surface area contributed by atoms with Crippen molar-refractivity contribution in [1.29, 1.82) is 0 Å². The third kappa shape index (κ3) is 3.28. The minimum Gasteiger partial charge on any atom is -0.369 e. The number of hydrogen-bond donors (Lipinski definition) is 0. The molecular formula is C16H17Cl2N3O. The molecule has 0 bridgehead atoms. The molecule has 1 aliphatic heterocycles.